The van der Waals surface area contributed by atoms with Crippen LogP contribution >= 0.6 is 22.6 Å². The van der Waals surface area contributed by atoms with E-state index in [0.29, 0.717) is 9.26 Å². The second kappa shape index (κ2) is 5.77. The number of aromatic nitrogens is 3. The summed E-state index contributed by atoms with van der Waals surface area (Å²) in [6, 6.07) is 8.90. The molecule has 120 valence electrons. The van der Waals surface area contributed by atoms with Crippen LogP contribution in [0.25, 0.3) is 16.7 Å². The Morgan fingerprint density at radius 1 is 1.17 bits per heavy atom. The Labute approximate surface area is 144 Å². The van der Waals surface area contributed by atoms with Crippen LogP contribution in [-0.4, -0.2) is 14.8 Å². The van der Waals surface area contributed by atoms with Gasteiger partial charge in [-0.25, -0.2) is 9.67 Å². The van der Waals surface area contributed by atoms with Gasteiger partial charge in [0, 0.05) is 9.77 Å². The lowest BCUT2D eigenvalue weighted by Crippen LogP contribution is -2.08. The largest absolute Gasteiger partial charge is 0.435 e. The average Bonchev–Trinajstić information content (AvgIpc) is 2.88. The van der Waals surface area contributed by atoms with Gasteiger partial charge in [-0.3, -0.25) is 0 Å². The molecule has 0 unspecified atom stereocenters. The molecule has 7 heteroatoms. The average molecular weight is 431 g/mol. The minimum Gasteiger partial charge on any atom is -0.236 e. The molecule has 0 N–H and O–H groups in total. The van der Waals surface area contributed by atoms with Gasteiger partial charge in [0.1, 0.15) is 0 Å². The fourth-order valence-electron chi connectivity index (χ4n) is 2.40. The first-order valence-electron chi connectivity index (χ1n) is 7.00. The molecule has 0 saturated carbocycles. The molecule has 2 aromatic heterocycles. The summed E-state index contributed by atoms with van der Waals surface area (Å²) in [6.45, 7) is 4.06. The number of alkyl halides is 3. The van der Waals surface area contributed by atoms with Crippen molar-refractivity contribution in [3.8, 4) is 5.69 Å². The van der Waals surface area contributed by atoms with Gasteiger partial charge in [0.05, 0.1) is 11.1 Å². The highest BCUT2D eigenvalue weighted by Crippen LogP contribution is 2.36. The third kappa shape index (κ3) is 2.93. The Kier molecular flexibility index (Phi) is 4.07. The molecule has 2 heterocycles. The van der Waals surface area contributed by atoms with Gasteiger partial charge in [-0.15, -0.1) is 0 Å². The lowest BCUT2D eigenvalue weighted by Gasteiger charge is -2.08. The van der Waals surface area contributed by atoms with Crippen molar-refractivity contribution in [1.29, 1.82) is 0 Å². The normalized spacial score (nSPS) is 12.3. The second-order valence-corrected chi connectivity index (χ2v) is 6.66. The van der Waals surface area contributed by atoms with E-state index >= 15 is 0 Å². The third-order valence-electron chi connectivity index (χ3n) is 3.57. The maximum absolute atomic E-state index is 13.3. The Morgan fingerprint density at radius 3 is 2.57 bits per heavy atom. The highest BCUT2D eigenvalue weighted by Gasteiger charge is 2.38. The number of rotatable bonds is 2. The van der Waals surface area contributed by atoms with E-state index in [0.717, 1.165) is 5.56 Å². The van der Waals surface area contributed by atoms with Gasteiger partial charge < -0.3 is 0 Å². The fraction of sp³-hybridized carbons (Fsp3) is 0.250. The summed E-state index contributed by atoms with van der Waals surface area (Å²) in [4.78, 5) is 4.12. The van der Waals surface area contributed by atoms with Crippen LogP contribution in [0.1, 0.15) is 31.0 Å². The van der Waals surface area contributed by atoms with Gasteiger partial charge in [0.15, 0.2) is 11.3 Å². The molecule has 0 aliphatic carbocycles. The number of hydrogen-bond acceptors (Lipinski definition) is 2. The SMILES string of the molecule is CC(C)c1cccc(-n2nc(C(F)(F)F)c3c(I)ccnc32)c1. The summed E-state index contributed by atoms with van der Waals surface area (Å²) < 4.78 is 41.7. The van der Waals surface area contributed by atoms with Crippen molar-refractivity contribution < 1.29 is 13.2 Å². The molecule has 0 atom stereocenters. The number of pyridine rings is 1. The molecule has 1 aromatic carbocycles. The molecule has 3 rings (SSSR count). The molecule has 0 spiro atoms. The van der Waals surface area contributed by atoms with Crippen LogP contribution < -0.4 is 0 Å². The van der Waals surface area contributed by atoms with Gasteiger partial charge in [-0.1, -0.05) is 26.0 Å². The minimum atomic E-state index is -4.53. The summed E-state index contributed by atoms with van der Waals surface area (Å²) in [6.07, 6.45) is -3.03. The van der Waals surface area contributed by atoms with Crippen LogP contribution in [0.5, 0.6) is 0 Å². The standard InChI is InChI=1S/C16H13F3IN3/c1-9(2)10-4-3-5-11(8-10)23-15-13(12(20)6-7-21-15)14(22-23)16(17,18)19/h3-9H,1-2H3. The maximum atomic E-state index is 13.3. The second-order valence-electron chi connectivity index (χ2n) is 5.50. The van der Waals surface area contributed by atoms with E-state index in [-0.39, 0.29) is 17.0 Å². The Bertz CT molecular complexity index is 869. The first-order valence-corrected chi connectivity index (χ1v) is 8.07. The monoisotopic (exact) mass is 431 g/mol. The molecule has 23 heavy (non-hydrogen) atoms. The number of halogens is 4. The maximum Gasteiger partial charge on any atom is 0.435 e. The number of fused-ring (bicyclic) bond motifs is 1. The molecule has 0 amide bonds. The summed E-state index contributed by atoms with van der Waals surface area (Å²) in [7, 11) is 0. The minimum absolute atomic E-state index is 0.0375. The smallest absolute Gasteiger partial charge is 0.236 e. The summed E-state index contributed by atoms with van der Waals surface area (Å²) >= 11 is 1.88. The molecule has 0 aliphatic rings. The zero-order valence-electron chi connectivity index (χ0n) is 12.4. The highest BCUT2D eigenvalue weighted by atomic mass is 127. The number of benzene rings is 1. The molecule has 0 radical (unpaired) electrons. The van der Waals surface area contributed by atoms with Crippen LogP contribution in [0, 0.1) is 3.57 Å². The fourth-order valence-corrected chi connectivity index (χ4v) is 3.06. The van der Waals surface area contributed by atoms with E-state index in [1.54, 1.807) is 12.1 Å². The molecular weight excluding hydrogens is 418 g/mol. The Balaban J connectivity index is 2.31. The van der Waals surface area contributed by atoms with E-state index in [4.69, 9.17) is 0 Å². The van der Waals surface area contributed by atoms with E-state index in [2.05, 4.69) is 10.1 Å². The zero-order chi connectivity index (χ0) is 16.8. The quantitative estimate of drug-likeness (QED) is 0.525. The van der Waals surface area contributed by atoms with Crippen LogP contribution in [0.15, 0.2) is 36.5 Å². The molecular formula is C16H13F3IN3. The summed E-state index contributed by atoms with van der Waals surface area (Å²) in [5.41, 5.74) is 0.918. The van der Waals surface area contributed by atoms with Crippen molar-refractivity contribution >= 4 is 33.6 Å². The van der Waals surface area contributed by atoms with E-state index in [1.807, 2.05) is 54.6 Å². The number of nitrogens with zero attached hydrogens (tertiary/aromatic N) is 3. The zero-order valence-corrected chi connectivity index (χ0v) is 14.6. The lowest BCUT2D eigenvalue weighted by atomic mass is 10.0. The molecule has 0 aliphatic heterocycles. The predicted octanol–water partition coefficient (Wildman–Crippen LogP) is 5.17. The molecule has 3 nitrogen and oxygen atoms in total. The molecule has 3 aromatic rings. The van der Waals surface area contributed by atoms with Crippen molar-refractivity contribution in [3.05, 3.63) is 51.4 Å². The topological polar surface area (TPSA) is 30.7 Å². The van der Waals surface area contributed by atoms with Crippen LogP contribution in [-0.2, 0) is 6.18 Å². The van der Waals surface area contributed by atoms with E-state index in [1.165, 1.54) is 10.9 Å². The molecule has 0 saturated heterocycles. The van der Waals surface area contributed by atoms with Gasteiger partial charge in [-0.05, 0) is 52.3 Å². The molecule has 0 fully saturated rings. The lowest BCUT2D eigenvalue weighted by molar-refractivity contribution is -0.140. The van der Waals surface area contributed by atoms with Gasteiger partial charge in [0.2, 0.25) is 0 Å². The van der Waals surface area contributed by atoms with E-state index in [9.17, 15) is 13.2 Å². The van der Waals surface area contributed by atoms with Crippen molar-refractivity contribution in [2.24, 2.45) is 0 Å². The predicted molar refractivity (Wildman–Crippen MR) is 90.7 cm³/mol. The van der Waals surface area contributed by atoms with Gasteiger partial charge >= 0.3 is 6.18 Å². The first-order chi connectivity index (χ1) is 10.8. The third-order valence-corrected chi connectivity index (χ3v) is 4.47. The van der Waals surface area contributed by atoms with Crippen molar-refractivity contribution in [2.45, 2.75) is 25.9 Å². The first kappa shape index (κ1) is 16.2. The summed E-state index contributed by atoms with van der Waals surface area (Å²) in [5, 5.41) is 3.85. The Morgan fingerprint density at radius 2 is 1.91 bits per heavy atom. The van der Waals surface area contributed by atoms with Gasteiger partial charge in [0.25, 0.3) is 0 Å². The van der Waals surface area contributed by atoms with Crippen LogP contribution in [0.3, 0.4) is 0 Å². The molecule has 0 bridgehead atoms. The van der Waals surface area contributed by atoms with Crippen molar-refractivity contribution in [1.82, 2.24) is 14.8 Å². The number of hydrogen-bond donors (Lipinski definition) is 0. The van der Waals surface area contributed by atoms with E-state index < -0.39 is 11.9 Å². The van der Waals surface area contributed by atoms with Crippen molar-refractivity contribution in [2.75, 3.05) is 0 Å². The highest BCUT2D eigenvalue weighted by molar-refractivity contribution is 14.1. The van der Waals surface area contributed by atoms with Crippen molar-refractivity contribution in [3.63, 3.8) is 0 Å². The van der Waals surface area contributed by atoms with Crippen LogP contribution in [0.4, 0.5) is 13.2 Å². The Hall–Kier alpha value is -1.64. The van der Waals surface area contributed by atoms with Crippen LogP contribution in [0.2, 0.25) is 0 Å². The summed E-state index contributed by atoms with van der Waals surface area (Å²) in [5.74, 6) is 0.270. The van der Waals surface area contributed by atoms with Gasteiger partial charge in [-0.2, -0.15) is 18.3 Å².